The fourth-order valence-corrected chi connectivity index (χ4v) is 2.25. The van der Waals surface area contributed by atoms with Gasteiger partial charge in [-0.2, -0.15) is 8.78 Å². The summed E-state index contributed by atoms with van der Waals surface area (Å²) >= 11 is 0. The van der Waals surface area contributed by atoms with Gasteiger partial charge in [0.1, 0.15) is 6.04 Å². The van der Waals surface area contributed by atoms with Crippen molar-refractivity contribution in [2.24, 2.45) is 0 Å². The molecule has 1 aliphatic rings. The second-order valence-corrected chi connectivity index (χ2v) is 3.91. The average Bonchev–Trinajstić information content (AvgIpc) is 2.27. The van der Waals surface area contributed by atoms with E-state index in [0.29, 0.717) is 6.04 Å². The van der Waals surface area contributed by atoms with Gasteiger partial charge in [-0.1, -0.05) is 11.9 Å². The Kier molecular flexibility index (Phi) is 3.62. The second kappa shape index (κ2) is 4.33. The fourth-order valence-electron chi connectivity index (χ4n) is 2.25. The molecule has 13 heavy (non-hydrogen) atoms. The molecule has 0 spiro atoms. The number of rotatable bonds is 3. The SMILES string of the molecule is CCC[NH+]1C(C)CC(C)N1C(F)F. The first-order valence-corrected chi connectivity index (χ1v) is 5.00. The van der Waals surface area contributed by atoms with Crippen LogP contribution in [0.2, 0.25) is 0 Å². The van der Waals surface area contributed by atoms with Gasteiger partial charge >= 0.3 is 6.55 Å². The maximum Gasteiger partial charge on any atom is 0.334 e. The predicted molar refractivity (Wildman–Crippen MR) is 47.5 cm³/mol. The summed E-state index contributed by atoms with van der Waals surface area (Å²) in [5, 5.41) is 2.25. The molecule has 3 atom stereocenters. The number of hydrogen-bond donors (Lipinski definition) is 1. The third kappa shape index (κ3) is 2.17. The zero-order chi connectivity index (χ0) is 10.0. The molecule has 0 bridgehead atoms. The number of halogens is 2. The Morgan fingerprint density at radius 1 is 1.46 bits per heavy atom. The van der Waals surface area contributed by atoms with Crippen molar-refractivity contribution in [1.29, 1.82) is 0 Å². The van der Waals surface area contributed by atoms with Crippen LogP contribution in [0.15, 0.2) is 0 Å². The summed E-state index contributed by atoms with van der Waals surface area (Å²) in [6, 6.07) is 0.348. The van der Waals surface area contributed by atoms with Crippen LogP contribution in [0.25, 0.3) is 0 Å². The molecule has 3 unspecified atom stereocenters. The van der Waals surface area contributed by atoms with Crippen molar-refractivity contribution in [3.63, 3.8) is 0 Å². The van der Waals surface area contributed by atoms with Gasteiger partial charge in [0.25, 0.3) is 0 Å². The maximum absolute atomic E-state index is 12.6. The van der Waals surface area contributed by atoms with Crippen molar-refractivity contribution < 1.29 is 13.8 Å². The molecule has 1 rings (SSSR count). The molecular formula is C9H19F2N2+. The van der Waals surface area contributed by atoms with Crippen LogP contribution in [0.3, 0.4) is 0 Å². The molecule has 78 valence electrons. The lowest BCUT2D eigenvalue weighted by atomic mass is 10.2. The van der Waals surface area contributed by atoms with Gasteiger partial charge in [0.15, 0.2) is 0 Å². The number of quaternary nitrogens is 1. The first kappa shape index (κ1) is 10.9. The van der Waals surface area contributed by atoms with Gasteiger partial charge in [-0.15, -0.1) is 0 Å². The van der Waals surface area contributed by atoms with Crippen molar-refractivity contribution in [1.82, 2.24) is 5.01 Å². The van der Waals surface area contributed by atoms with Crippen molar-refractivity contribution in [2.75, 3.05) is 6.54 Å². The van der Waals surface area contributed by atoms with E-state index in [1.807, 2.05) is 20.8 Å². The van der Waals surface area contributed by atoms with Gasteiger partial charge in [0, 0.05) is 6.42 Å². The van der Waals surface area contributed by atoms with Crippen molar-refractivity contribution >= 4 is 0 Å². The van der Waals surface area contributed by atoms with Crippen molar-refractivity contribution in [2.45, 2.75) is 52.2 Å². The first-order chi connectivity index (χ1) is 6.07. The highest BCUT2D eigenvalue weighted by atomic mass is 19.3. The van der Waals surface area contributed by atoms with Crippen LogP contribution in [0.1, 0.15) is 33.6 Å². The Labute approximate surface area is 78.5 Å². The highest BCUT2D eigenvalue weighted by Gasteiger charge is 2.42. The van der Waals surface area contributed by atoms with Crippen LogP contribution in [-0.2, 0) is 0 Å². The smallest absolute Gasteiger partial charge is 0.247 e. The molecule has 0 aromatic carbocycles. The topological polar surface area (TPSA) is 7.68 Å². The third-order valence-electron chi connectivity index (χ3n) is 2.79. The Morgan fingerprint density at radius 3 is 2.54 bits per heavy atom. The number of nitrogens with one attached hydrogen (secondary N) is 1. The van der Waals surface area contributed by atoms with Gasteiger partial charge in [0.2, 0.25) is 0 Å². The Balaban J connectivity index is 2.65. The maximum atomic E-state index is 12.6. The van der Waals surface area contributed by atoms with Crippen LogP contribution < -0.4 is 5.01 Å². The molecule has 1 fully saturated rings. The van der Waals surface area contributed by atoms with E-state index in [1.165, 1.54) is 5.01 Å². The molecule has 1 heterocycles. The summed E-state index contributed by atoms with van der Waals surface area (Å²) in [5.41, 5.74) is 0. The summed E-state index contributed by atoms with van der Waals surface area (Å²) in [5.74, 6) is 0. The zero-order valence-electron chi connectivity index (χ0n) is 8.56. The van der Waals surface area contributed by atoms with E-state index in [-0.39, 0.29) is 6.04 Å². The Bertz CT molecular complexity index is 164. The fraction of sp³-hybridized carbons (Fsp3) is 1.00. The zero-order valence-corrected chi connectivity index (χ0v) is 8.56. The lowest BCUT2D eigenvalue weighted by Gasteiger charge is -2.27. The van der Waals surface area contributed by atoms with E-state index in [9.17, 15) is 8.78 Å². The molecule has 1 saturated heterocycles. The van der Waals surface area contributed by atoms with E-state index >= 15 is 0 Å². The number of hydrogen-bond acceptors (Lipinski definition) is 1. The predicted octanol–water partition coefficient (Wildman–Crippen LogP) is 0.902. The molecule has 0 aromatic heterocycles. The molecule has 1 aliphatic heterocycles. The Hall–Kier alpha value is -0.220. The minimum atomic E-state index is -2.32. The monoisotopic (exact) mass is 193 g/mol. The van der Waals surface area contributed by atoms with E-state index in [2.05, 4.69) is 0 Å². The quantitative estimate of drug-likeness (QED) is 0.654. The van der Waals surface area contributed by atoms with Gasteiger partial charge in [0.05, 0.1) is 12.6 Å². The van der Waals surface area contributed by atoms with Crippen molar-refractivity contribution in [3.05, 3.63) is 0 Å². The van der Waals surface area contributed by atoms with E-state index in [1.54, 1.807) is 0 Å². The molecule has 4 heteroatoms. The van der Waals surface area contributed by atoms with Crippen LogP contribution in [0.5, 0.6) is 0 Å². The summed E-state index contributed by atoms with van der Waals surface area (Å²) in [7, 11) is 0. The van der Waals surface area contributed by atoms with Crippen LogP contribution in [-0.4, -0.2) is 30.2 Å². The highest BCUT2D eigenvalue weighted by Crippen LogP contribution is 2.13. The lowest BCUT2D eigenvalue weighted by Crippen LogP contribution is -3.19. The minimum absolute atomic E-state index is 0.0107. The summed E-state index contributed by atoms with van der Waals surface area (Å²) in [6.45, 7) is 4.46. The van der Waals surface area contributed by atoms with E-state index in [4.69, 9.17) is 0 Å². The number of nitrogens with zero attached hydrogens (tertiary/aromatic N) is 1. The molecule has 0 aromatic rings. The molecule has 2 nitrogen and oxygen atoms in total. The standard InChI is InChI=1S/C9H18F2N2/c1-4-5-12-7(2)6-8(3)13(12)9(10)11/h7-9H,4-6H2,1-3H3/p+1. The molecule has 0 radical (unpaired) electrons. The normalized spacial score (nSPS) is 36.0. The van der Waals surface area contributed by atoms with Crippen LogP contribution in [0.4, 0.5) is 8.78 Å². The largest absolute Gasteiger partial charge is 0.334 e. The summed E-state index contributed by atoms with van der Waals surface area (Å²) in [6.07, 6.45) is 1.83. The summed E-state index contributed by atoms with van der Waals surface area (Å²) in [4.78, 5) is 0. The highest BCUT2D eigenvalue weighted by molar-refractivity contribution is 4.68. The molecule has 0 amide bonds. The third-order valence-corrected chi connectivity index (χ3v) is 2.79. The van der Waals surface area contributed by atoms with E-state index in [0.717, 1.165) is 24.4 Å². The minimum Gasteiger partial charge on any atom is -0.247 e. The number of alkyl halides is 2. The van der Waals surface area contributed by atoms with Crippen molar-refractivity contribution in [3.8, 4) is 0 Å². The second-order valence-electron chi connectivity index (χ2n) is 3.91. The van der Waals surface area contributed by atoms with E-state index < -0.39 is 6.55 Å². The van der Waals surface area contributed by atoms with Crippen LogP contribution >= 0.6 is 0 Å². The average molecular weight is 193 g/mol. The molecule has 0 aliphatic carbocycles. The van der Waals surface area contributed by atoms with Gasteiger partial charge < -0.3 is 0 Å². The summed E-state index contributed by atoms with van der Waals surface area (Å²) < 4.78 is 25.3. The van der Waals surface area contributed by atoms with Crippen LogP contribution in [0, 0.1) is 0 Å². The van der Waals surface area contributed by atoms with Gasteiger partial charge in [-0.25, -0.2) is 5.01 Å². The van der Waals surface area contributed by atoms with Gasteiger partial charge in [-0.05, 0) is 20.3 Å². The molecule has 0 saturated carbocycles. The lowest BCUT2D eigenvalue weighted by molar-refractivity contribution is -1.03. The first-order valence-electron chi connectivity index (χ1n) is 5.00. The molecule has 1 N–H and O–H groups in total. The van der Waals surface area contributed by atoms with Gasteiger partial charge in [-0.3, -0.25) is 0 Å². The Morgan fingerprint density at radius 2 is 2.08 bits per heavy atom. The molecular weight excluding hydrogens is 174 g/mol.